The maximum Gasteiger partial charge on any atom is 0.431 e. The number of hydrazone groups is 1. The molecule has 0 aromatic heterocycles. The van der Waals surface area contributed by atoms with E-state index in [1.54, 1.807) is 30.3 Å². The van der Waals surface area contributed by atoms with E-state index in [1.807, 2.05) is 0 Å². The van der Waals surface area contributed by atoms with Crippen LogP contribution in [0.25, 0.3) is 0 Å². The van der Waals surface area contributed by atoms with Gasteiger partial charge in [-0.3, -0.25) is 4.79 Å². The second kappa shape index (κ2) is 6.27. The molecule has 0 spiro atoms. The molecule has 2 aromatic rings. The van der Waals surface area contributed by atoms with Crippen molar-refractivity contribution in [3.63, 3.8) is 0 Å². The smallest absolute Gasteiger partial charge is 0.365 e. The number of nitrogens with zero attached hydrogens (tertiary/aromatic N) is 2. The van der Waals surface area contributed by atoms with Gasteiger partial charge in [0.25, 0.3) is 5.91 Å². The summed E-state index contributed by atoms with van der Waals surface area (Å²) in [4.78, 5) is 12.7. The summed E-state index contributed by atoms with van der Waals surface area (Å²) in [7, 11) is 0. The molecule has 4 nitrogen and oxygen atoms in total. The van der Waals surface area contributed by atoms with Crippen LogP contribution in [0.5, 0.6) is 0 Å². The van der Waals surface area contributed by atoms with E-state index >= 15 is 0 Å². The largest absolute Gasteiger partial charge is 0.431 e. The van der Waals surface area contributed by atoms with E-state index < -0.39 is 29.9 Å². The molecule has 0 saturated carbocycles. The second-order valence-corrected chi connectivity index (χ2v) is 6.45. The number of amides is 1. The molecule has 1 aliphatic heterocycles. The van der Waals surface area contributed by atoms with Crippen LogP contribution in [0.15, 0.2) is 64.2 Å². The first-order valence-corrected chi connectivity index (χ1v) is 8.04. The Morgan fingerprint density at radius 2 is 1.84 bits per heavy atom. The third-order valence-corrected chi connectivity index (χ3v) is 4.31. The summed E-state index contributed by atoms with van der Waals surface area (Å²) >= 11 is 3.21. The molecule has 1 N–H and O–H groups in total. The number of benzene rings is 2. The molecule has 130 valence electrons. The Morgan fingerprint density at radius 3 is 2.44 bits per heavy atom. The van der Waals surface area contributed by atoms with Gasteiger partial charge in [-0.2, -0.15) is 23.3 Å². The lowest BCUT2D eigenvalue weighted by atomic mass is 9.96. The summed E-state index contributed by atoms with van der Waals surface area (Å²) in [6, 6.07) is 13.9. The fraction of sp³-hybridized carbons (Fsp3) is 0.176. The van der Waals surface area contributed by atoms with Crippen LogP contribution in [0.2, 0.25) is 0 Å². The average Bonchev–Trinajstić information content (AvgIpc) is 2.94. The van der Waals surface area contributed by atoms with Gasteiger partial charge < -0.3 is 5.11 Å². The highest BCUT2D eigenvalue weighted by molar-refractivity contribution is 9.10. The zero-order valence-corrected chi connectivity index (χ0v) is 14.3. The molecular weight excluding hydrogens is 401 g/mol. The van der Waals surface area contributed by atoms with Gasteiger partial charge in [-0.15, -0.1) is 0 Å². The quantitative estimate of drug-likeness (QED) is 0.808. The van der Waals surface area contributed by atoms with Crippen molar-refractivity contribution in [2.45, 2.75) is 18.3 Å². The minimum atomic E-state index is -4.74. The Kier molecular flexibility index (Phi) is 4.42. The summed E-state index contributed by atoms with van der Waals surface area (Å²) in [5.74, 6) is -0.827. The molecule has 1 atom stereocenters. The molecule has 0 unspecified atom stereocenters. The second-order valence-electron chi connectivity index (χ2n) is 5.53. The third-order valence-electron chi connectivity index (χ3n) is 3.81. The van der Waals surface area contributed by atoms with Gasteiger partial charge in [0.1, 0.15) is 5.71 Å². The van der Waals surface area contributed by atoms with Crippen molar-refractivity contribution in [1.82, 2.24) is 5.01 Å². The molecule has 0 saturated heterocycles. The first kappa shape index (κ1) is 17.6. The van der Waals surface area contributed by atoms with Crippen LogP contribution in [0.3, 0.4) is 0 Å². The first-order valence-electron chi connectivity index (χ1n) is 7.24. The van der Waals surface area contributed by atoms with Crippen LogP contribution in [0.1, 0.15) is 22.3 Å². The molecule has 1 amide bonds. The molecule has 8 heteroatoms. The number of aliphatic hydroxyl groups is 1. The van der Waals surface area contributed by atoms with Crippen molar-refractivity contribution in [3.05, 3.63) is 70.2 Å². The van der Waals surface area contributed by atoms with Gasteiger partial charge in [-0.25, -0.2) is 0 Å². The third kappa shape index (κ3) is 3.32. The Bertz CT molecular complexity index is 839. The minimum Gasteiger partial charge on any atom is -0.365 e. The van der Waals surface area contributed by atoms with Crippen LogP contribution < -0.4 is 0 Å². The van der Waals surface area contributed by atoms with Crippen molar-refractivity contribution in [2.24, 2.45) is 5.10 Å². The number of carbonyl (C=O) groups is 1. The van der Waals surface area contributed by atoms with Crippen molar-refractivity contribution >= 4 is 27.5 Å². The van der Waals surface area contributed by atoms with E-state index in [0.717, 1.165) is 0 Å². The van der Waals surface area contributed by atoms with Gasteiger partial charge in [0, 0.05) is 15.6 Å². The molecule has 1 heterocycles. The molecule has 25 heavy (non-hydrogen) atoms. The van der Waals surface area contributed by atoms with Gasteiger partial charge >= 0.3 is 6.18 Å². The Labute approximate surface area is 149 Å². The van der Waals surface area contributed by atoms with Crippen molar-refractivity contribution in [3.8, 4) is 0 Å². The van der Waals surface area contributed by atoms with E-state index in [1.165, 1.54) is 24.3 Å². The average molecular weight is 413 g/mol. The number of hydrogen-bond donors (Lipinski definition) is 1. The van der Waals surface area contributed by atoms with Gasteiger partial charge in [0.05, 0.1) is 6.42 Å². The molecule has 1 aliphatic rings. The summed E-state index contributed by atoms with van der Waals surface area (Å²) in [5.41, 5.74) is -3.15. The molecule has 2 aromatic carbocycles. The Hall–Kier alpha value is -2.19. The Balaban J connectivity index is 2.08. The number of halogens is 4. The number of alkyl halides is 3. The molecule has 3 rings (SSSR count). The van der Waals surface area contributed by atoms with Crippen LogP contribution in [0.4, 0.5) is 13.2 Å². The predicted molar refractivity (Wildman–Crippen MR) is 88.8 cm³/mol. The summed E-state index contributed by atoms with van der Waals surface area (Å²) in [6.45, 7) is 0. The van der Waals surface area contributed by atoms with E-state index in [4.69, 9.17) is 0 Å². The van der Waals surface area contributed by atoms with Crippen LogP contribution >= 0.6 is 15.9 Å². The fourth-order valence-corrected chi connectivity index (χ4v) is 2.99. The van der Waals surface area contributed by atoms with Gasteiger partial charge in [-0.1, -0.05) is 52.3 Å². The van der Waals surface area contributed by atoms with Crippen molar-refractivity contribution in [1.29, 1.82) is 0 Å². The molecule has 0 aliphatic carbocycles. The number of rotatable bonds is 2. The number of hydrogen-bond acceptors (Lipinski definition) is 3. The van der Waals surface area contributed by atoms with Crippen LogP contribution in [-0.2, 0) is 5.72 Å². The standard InChI is InChI=1S/C17H12BrF3N2O2/c18-13-8-4-5-11(9-13)15(24)23-16(25,12-6-2-1-3-7-12)10-14(22-23)17(19,20)21/h1-9,25H,10H2/t16-/m0/s1. The maximum absolute atomic E-state index is 13.1. The van der Waals surface area contributed by atoms with Crippen LogP contribution in [0, 0.1) is 0 Å². The monoisotopic (exact) mass is 412 g/mol. The Morgan fingerprint density at radius 1 is 1.16 bits per heavy atom. The topological polar surface area (TPSA) is 52.9 Å². The molecule has 0 bridgehead atoms. The highest BCUT2D eigenvalue weighted by Gasteiger charge is 2.53. The fourth-order valence-electron chi connectivity index (χ4n) is 2.59. The number of carbonyl (C=O) groups excluding carboxylic acids is 1. The van der Waals surface area contributed by atoms with Gasteiger partial charge in [0.2, 0.25) is 0 Å². The van der Waals surface area contributed by atoms with Crippen LogP contribution in [-0.4, -0.2) is 27.9 Å². The predicted octanol–water partition coefficient (Wildman–Crippen LogP) is 4.06. The normalized spacial score (nSPS) is 20.5. The van der Waals surface area contributed by atoms with Crippen molar-refractivity contribution < 1.29 is 23.1 Å². The lowest BCUT2D eigenvalue weighted by Crippen LogP contribution is -2.43. The highest BCUT2D eigenvalue weighted by atomic mass is 79.9. The minimum absolute atomic E-state index is 0.107. The molecular formula is C17H12BrF3N2O2. The van der Waals surface area contributed by atoms with Crippen molar-refractivity contribution in [2.75, 3.05) is 0 Å². The molecule has 0 fully saturated rings. The van der Waals surface area contributed by atoms with E-state index in [2.05, 4.69) is 21.0 Å². The van der Waals surface area contributed by atoms with E-state index in [-0.39, 0.29) is 11.1 Å². The first-order chi connectivity index (χ1) is 11.7. The summed E-state index contributed by atoms with van der Waals surface area (Å²) in [6.07, 6.45) is -5.57. The zero-order valence-electron chi connectivity index (χ0n) is 12.7. The lowest BCUT2D eigenvalue weighted by molar-refractivity contribution is -0.0816. The lowest BCUT2D eigenvalue weighted by Gasteiger charge is -2.31. The van der Waals surface area contributed by atoms with E-state index in [9.17, 15) is 23.1 Å². The SMILES string of the molecule is O=C(c1cccc(Br)c1)N1N=C(C(F)(F)F)C[C@]1(O)c1ccccc1. The molecule has 0 radical (unpaired) electrons. The van der Waals surface area contributed by atoms with Gasteiger partial charge in [-0.05, 0) is 18.2 Å². The maximum atomic E-state index is 13.1. The highest BCUT2D eigenvalue weighted by Crippen LogP contribution is 2.40. The van der Waals surface area contributed by atoms with E-state index in [0.29, 0.717) is 9.48 Å². The summed E-state index contributed by atoms with van der Waals surface area (Å²) in [5, 5.41) is 14.8. The van der Waals surface area contributed by atoms with Gasteiger partial charge in [0.15, 0.2) is 5.72 Å². The zero-order chi connectivity index (χ0) is 18.2. The summed E-state index contributed by atoms with van der Waals surface area (Å²) < 4.78 is 40.0.